The molecule has 2 atom stereocenters. The fourth-order valence-electron chi connectivity index (χ4n) is 2.58. The third-order valence-electron chi connectivity index (χ3n) is 3.79. The van der Waals surface area contributed by atoms with Crippen LogP contribution in [0.3, 0.4) is 0 Å². The fraction of sp³-hybridized carbons (Fsp3) is 0.600. The Labute approximate surface area is 123 Å². The first-order valence-corrected chi connectivity index (χ1v) is 7.55. The number of rotatable bonds is 6. The average Bonchev–Trinajstić information content (AvgIpc) is 2.79. The Balaban J connectivity index is 1.94. The Morgan fingerprint density at radius 2 is 2.32 bits per heavy atom. The van der Waals surface area contributed by atoms with Gasteiger partial charge >= 0.3 is 0 Å². The molecule has 0 amide bonds. The van der Waals surface area contributed by atoms with Gasteiger partial charge in [0.25, 0.3) is 0 Å². The molecule has 0 saturated carbocycles. The lowest BCUT2D eigenvalue weighted by Crippen LogP contribution is -2.39. The van der Waals surface area contributed by atoms with Crippen molar-refractivity contribution >= 4 is 15.9 Å². The van der Waals surface area contributed by atoms with Gasteiger partial charge in [-0.1, -0.05) is 28.1 Å². The summed E-state index contributed by atoms with van der Waals surface area (Å²) in [5.74, 6) is 0. The Hall–Kier alpha value is -0.420. The number of ether oxygens (including phenoxy) is 1. The molecule has 1 aromatic carbocycles. The van der Waals surface area contributed by atoms with Gasteiger partial charge in [-0.05, 0) is 37.0 Å². The first-order valence-electron chi connectivity index (χ1n) is 6.75. The average molecular weight is 328 g/mol. The molecule has 1 aliphatic carbocycles. The Morgan fingerprint density at radius 3 is 3.05 bits per heavy atom. The van der Waals surface area contributed by atoms with Crippen molar-refractivity contribution in [2.24, 2.45) is 0 Å². The molecule has 0 fully saturated rings. The maximum atomic E-state index is 10.3. The van der Waals surface area contributed by atoms with Gasteiger partial charge in [-0.3, -0.25) is 0 Å². The standard InChI is InChI=1S/C15H22BrNO2/c1-15(18,8-9-19-2)10-17-14-7-6-11-12(14)4-3-5-13(11)16/h3-5,14,17-18H,6-10H2,1-2H3. The Kier molecular flexibility index (Phi) is 5.01. The van der Waals surface area contributed by atoms with E-state index in [0.29, 0.717) is 25.6 Å². The zero-order valence-corrected chi connectivity index (χ0v) is 13.2. The molecule has 19 heavy (non-hydrogen) atoms. The highest BCUT2D eigenvalue weighted by atomic mass is 79.9. The van der Waals surface area contributed by atoms with Crippen LogP contribution < -0.4 is 5.32 Å². The van der Waals surface area contributed by atoms with Crippen molar-refractivity contribution in [2.45, 2.75) is 37.8 Å². The minimum Gasteiger partial charge on any atom is -0.389 e. The van der Waals surface area contributed by atoms with Crippen LogP contribution in [0.1, 0.15) is 36.9 Å². The predicted molar refractivity (Wildman–Crippen MR) is 80.3 cm³/mol. The molecule has 2 unspecified atom stereocenters. The summed E-state index contributed by atoms with van der Waals surface area (Å²) in [7, 11) is 1.66. The summed E-state index contributed by atoms with van der Waals surface area (Å²) in [6.45, 7) is 3.03. The summed E-state index contributed by atoms with van der Waals surface area (Å²) in [6.07, 6.45) is 2.83. The molecule has 0 aliphatic heterocycles. The molecule has 0 saturated heterocycles. The minimum absolute atomic E-state index is 0.349. The van der Waals surface area contributed by atoms with Gasteiger partial charge in [0.2, 0.25) is 0 Å². The second-order valence-electron chi connectivity index (χ2n) is 5.52. The number of nitrogens with one attached hydrogen (secondary N) is 1. The molecule has 1 aromatic rings. The largest absolute Gasteiger partial charge is 0.389 e. The number of hydrogen-bond acceptors (Lipinski definition) is 3. The van der Waals surface area contributed by atoms with Gasteiger partial charge in [-0.15, -0.1) is 0 Å². The molecule has 2 N–H and O–H groups in total. The van der Waals surface area contributed by atoms with E-state index in [1.54, 1.807) is 7.11 Å². The third kappa shape index (κ3) is 3.78. The van der Waals surface area contributed by atoms with E-state index in [4.69, 9.17) is 4.74 Å². The monoisotopic (exact) mass is 327 g/mol. The van der Waals surface area contributed by atoms with Crippen LogP contribution in [0.5, 0.6) is 0 Å². The predicted octanol–water partition coefficient (Wildman–Crippen LogP) is 2.81. The molecule has 0 spiro atoms. The second-order valence-corrected chi connectivity index (χ2v) is 6.37. The van der Waals surface area contributed by atoms with Crippen molar-refractivity contribution in [2.75, 3.05) is 20.3 Å². The number of methoxy groups -OCH3 is 1. The summed E-state index contributed by atoms with van der Waals surface area (Å²) < 4.78 is 6.22. The lowest BCUT2D eigenvalue weighted by Gasteiger charge is -2.26. The number of hydrogen-bond donors (Lipinski definition) is 2. The molecule has 0 aromatic heterocycles. The summed E-state index contributed by atoms with van der Waals surface area (Å²) in [6, 6.07) is 6.69. The highest BCUT2D eigenvalue weighted by molar-refractivity contribution is 9.10. The van der Waals surface area contributed by atoms with Crippen molar-refractivity contribution in [3.8, 4) is 0 Å². The molecule has 106 valence electrons. The lowest BCUT2D eigenvalue weighted by atomic mass is 10.0. The van der Waals surface area contributed by atoms with E-state index < -0.39 is 5.60 Å². The fourth-order valence-corrected chi connectivity index (χ4v) is 3.15. The number of fused-ring (bicyclic) bond motifs is 1. The maximum absolute atomic E-state index is 10.3. The van der Waals surface area contributed by atoms with Crippen LogP contribution in [-0.4, -0.2) is 31.0 Å². The quantitative estimate of drug-likeness (QED) is 0.844. The number of benzene rings is 1. The van der Waals surface area contributed by atoms with E-state index in [0.717, 1.165) is 12.8 Å². The first kappa shape index (κ1) is 15.0. The molecular weight excluding hydrogens is 306 g/mol. The smallest absolute Gasteiger partial charge is 0.0765 e. The van der Waals surface area contributed by atoms with Crippen molar-refractivity contribution in [3.05, 3.63) is 33.8 Å². The van der Waals surface area contributed by atoms with Gasteiger partial charge in [0.15, 0.2) is 0 Å². The Morgan fingerprint density at radius 1 is 1.53 bits per heavy atom. The second kappa shape index (κ2) is 6.35. The van der Waals surface area contributed by atoms with E-state index in [2.05, 4.69) is 39.4 Å². The van der Waals surface area contributed by atoms with E-state index in [-0.39, 0.29) is 0 Å². The summed E-state index contributed by atoms with van der Waals surface area (Å²) in [5, 5.41) is 13.7. The normalized spacial score (nSPS) is 21.2. The van der Waals surface area contributed by atoms with Crippen molar-refractivity contribution < 1.29 is 9.84 Å². The van der Waals surface area contributed by atoms with Crippen LogP contribution >= 0.6 is 15.9 Å². The summed E-state index contributed by atoms with van der Waals surface area (Å²) in [5.41, 5.74) is 2.04. The highest BCUT2D eigenvalue weighted by Gasteiger charge is 2.27. The van der Waals surface area contributed by atoms with Crippen LogP contribution in [-0.2, 0) is 11.2 Å². The molecule has 3 nitrogen and oxygen atoms in total. The van der Waals surface area contributed by atoms with Crippen LogP contribution in [0.4, 0.5) is 0 Å². The molecule has 1 aliphatic rings. The number of halogens is 1. The van der Waals surface area contributed by atoms with Gasteiger partial charge in [0, 0.05) is 37.2 Å². The molecule has 0 radical (unpaired) electrons. The molecule has 0 bridgehead atoms. The molecule has 0 heterocycles. The zero-order chi connectivity index (χ0) is 13.9. The van der Waals surface area contributed by atoms with Crippen LogP contribution in [0.2, 0.25) is 0 Å². The molecule has 4 heteroatoms. The van der Waals surface area contributed by atoms with Crippen molar-refractivity contribution in [3.63, 3.8) is 0 Å². The van der Waals surface area contributed by atoms with Crippen LogP contribution in [0, 0.1) is 0 Å². The minimum atomic E-state index is -0.717. The maximum Gasteiger partial charge on any atom is 0.0765 e. The van der Waals surface area contributed by atoms with Gasteiger partial charge in [0.1, 0.15) is 0 Å². The van der Waals surface area contributed by atoms with Crippen LogP contribution in [0.25, 0.3) is 0 Å². The lowest BCUT2D eigenvalue weighted by molar-refractivity contribution is 0.0227. The highest BCUT2D eigenvalue weighted by Crippen LogP contribution is 2.35. The van der Waals surface area contributed by atoms with Gasteiger partial charge < -0.3 is 15.2 Å². The third-order valence-corrected chi connectivity index (χ3v) is 4.53. The number of aliphatic hydroxyl groups is 1. The molecule has 2 rings (SSSR count). The van der Waals surface area contributed by atoms with Gasteiger partial charge in [0.05, 0.1) is 5.60 Å². The van der Waals surface area contributed by atoms with Gasteiger partial charge in [-0.25, -0.2) is 0 Å². The van der Waals surface area contributed by atoms with Crippen molar-refractivity contribution in [1.29, 1.82) is 0 Å². The molecular formula is C15H22BrNO2. The van der Waals surface area contributed by atoms with E-state index >= 15 is 0 Å². The van der Waals surface area contributed by atoms with Crippen molar-refractivity contribution in [1.82, 2.24) is 5.32 Å². The summed E-state index contributed by atoms with van der Waals surface area (Å²) in [4.78, 5) is 0. The van der Waals surface area contributed by atoms with E-state index in [9.17, 15) is 5.11 Å². The Bertz CT molecular complexity index is 434. The van der Waals surface area contributed by atoms with E-state index in [1.165, 1.54) is 15.6 Å². The SMILES string of the molecule is COCCC(C)(O)CNC1CCc2c(Br)cccc21. The van der Waals surface area contributed by atoms with Gasteiger partial charge in [-0.2, -0.15) is 0 Å². The van der Waals surface area contributed by atoms with Crippen LogP contribution in [0.15, 0.2) is 22.7 Å². The van der Waals surface area contributed by atoms with E-state index in [1.807, 2.05) is 6.92 Å². The first-order chi connectivity index (χ1) is 9.03. The summed E-state index contributed by atoms with van der Waals surface area (Å²) >= 11 is 3.61. The zero-order valence-electron chi connectivity index (χ0n) is 11.6. The topological polar surface area (TPSA) is 41.5 Å².